The average Bonchev–Trinajstić information content (AvgIpc) is 3.19. The topological polar surface area (TPSA) is 37.4 Å². The summed E-state index contributed by atoms with van der Waals surface area (Å²) in [4.78, 5) is 28.5. The molecule has 0 spiro atoms. The highest BCUT2D eigenvalue weighted by molar-refractivity contribution is 6.08. The number of allylic oxidation sites excluding steroid dienone is 2. The summed E-state index contributed by atoms with van der Waals surface area (Å²) in [6, 6.07) is 10.4. The molecule has 5 rings (SSSR count). The molecule has 1 heterocycles. The fourth-order valence-electron chi connectivity index (χ4n) is 7.19. The zero-order valence-corrected chi connectivity index (χ0v) is 15.8. The van der Waals surface area contributed by atoms with Crippen molar-refractivity contribution in [3.05, 3.63) is 48.0 Å². The molecule has 1 aromatic rings. The molecule has 0 aromatic heterocycles. The van der Waals surface area contributed by atoms with E-state index in [1.165, 1.54) is 10.5 Å². The van der Waals surface area contributed by atoms with Crippen LogP contribution in [0.5, 0.6) is 0 Å². The summed E-state index contributed by atoms with van der Waals surface area (Å²) in [6.07, 6.45) is 14.8. The lowest BCUT2D eigenvalue weighted by Crippen LogP contribution is -2.50. The van der Waals surface area contributed by atoms with Gasteiger partial charge in [0.05, 0.1) is 11.8 Å². The number of hydrogen-bond acceptors (Lipinski definition) is 2. The molecule has 2 amide bonds. The van der Waals surface area contributed by atoms with Crippen LogP contribution < -0.4 is 0 Å². The van der Waals surface area contributed by atoms with Gasteiger partial charge in [0.15, 0.2) is 0 Å². The minimum absolute atomic E-state index is 0.00975. The number of benzene rings is 1. The van der Waals surface area contributed by atoms with Gasteiger partial charge >= 0.3 is 0 Å². The fourth-order valence-corrected chi connectivity index (χ4v) is 7.19. The highest BCUT2D eigenvalue weighted by Crippen LogP contribution is 2.79. The molecule has 3 fully saturated rings. The molecule has 4 aliphatic rings. The Kier molecular flexibility index (Phi) is 3.33. The maximum absolute atomic E-state index is 13.6. The zero-order chi connectivity index (χ0) is 18.9. The molecule has 0 N–H and O–H groups in total. The predicted octanol–water partition coefficient (Wildman–Crippen LogP) is 3.70. The van der Waals surface area contributed by atoms with Crippen LogP contribution in [0.15, 0.2) is 42.5 Å². The zero-order valence-electron chi connectivity index (χ0n) is 15.8. The first-order chi connectivity index (χ1) is 13.0. The molecule has 27 heavy (non-hydrogen) atoms. The molecule has 5 atom stereocenters. The van der Waals surface area contributed by atoms with E-state index >= 15 is 0 Å². The third-order valence-corrected chi connectivity index (χ3v) is 8.28. The molecular formula is C24H25NO2. The van der Waals surface area contributed by atoms with E-state index in [0.717, 1.165) is 25.7 Å². The first-order valence-electron chi connectivity index (χ1n) is 10.1. The summed E-state index contributed by atoms with van der Waals surface area (Å²) in [5.41, 5.74) is 0.499. The van der Waals surface area contributed by atoms with Crippen LogP contribution in [-0.2, 0) is 15.0 Å². The molecule has 138 valence electrons. The quantitative estimate of drug-likeness (QED) is 0.469. The van der Waals surface area contributed by atoms with E-state index in [4.69, 9.17) is 6.42 Å². The SMILES string of the molecule is C#CCCN1C(=O)[C@@H]2[C@H](C1=O)[C@@]13C=C[C@]2(c2ccccc2)[C@@]1(C)CCCC3. The smallest absolute Gasteiger partial charge is 0.234 e. The Morgan fingerprint density at radius 1 is 1.07 bits per heavy atom. The number of carbonyl (C=O) groups excluding carboxylic acids is 2. The normalized spacial score (nSPS) is 41.6. The maximum atomic E-state index is 13.6. The van der Waals surface area contributed by atoms with Gasteiger partial charge in [-0.15, -0.1) is 12.3 Å². The molecule has 3 heteroatoms. The van der Waals surface area contributed by atoms with Crippen molar-refractivity contribution in [1.82, 2.24) is 4.90 Å². The lowest BCUT2D eigenvalue weighted by Gasteiger charge is -2.51. The van der Waals surface area contributed by atoms with Gasteiger partial charge in [0, 0.05) is 23.8 Å². The second-order valence-electron chi connectivity index (χ2n) is 8.89. The summed E-state index contributed by atoms with van der Waals surface area (Å²) < 4.78 is 0. The van der Waals surface area contributed by atoms with E-state index in [-0.39, 0.29) is 34.5 Å². The Balaban J connectivity index is 1.73. The molecule has 1 saturated heterocycles. The predicted molar refractivity (Wildman–Crippen MR) is 103 cm³/mol. The van der Waals surface area contributed by atoms with Crippen molar-refractivity contribution in [2.75, 3.05) is 6.54 Å². The van der Waals surface area contributed by atoms with Gasteiger partial charge in [0.1, 0.15) is 0 Å². The molecule has 2 bridgehead atoms. The van der Waals surface area contributed by atoms with Gasteiger partial charge in [-0.1, -0.05) is 62.2 Å². The number of terminal acetylenes is 1. The molecular weight excluding hydrogens is 334 g/mol. The van der Waals surface area contributed by atoms with E-state index < -0.39 is 5.41 Å². The fraction of sp³-hybridized carbons (Fsp3) is 0.500. The maximum Gasteiger partial charge on any atom is 0.234 e. The number of nitrogens with zero attached hydrogens (tertiary/aromatic N) is 1. The van der Waals surface area contributed by atoms with Crippen LogP contribution in [0.25, 0.3) is 0 Å². The monoisotopic (exact) mass is 359 g/mol. The van der Waals surface area contributed by atoms with Gasteiger partial charge < -0.3 is 0 Å². The molecule has 3 aliphatic carbocycles. The lowest BCUT2D eigenvalue weighted by molar-refractivity contribution is -0.143. The second-order valence-corrected chi connectivity index (χ2v) is 8.89. The van der Waals surface area contributed by atoms with E-state index in [9.17, 15) is 9.59 Å². The van der Waals surface area contributed by atoms with Crippen molar-refractivity contribution >= 4 is 11.8 Å². The van der Waals surface area contributed by atoms with E-state index in [0.29, 0.717) is 13.0 Å². The standard InChI is InChI=1S/C24H25NO2/c1-3-4-16-25-20(26)18-19(21(25)27)24(17-10-6-5-7-11-17)15-14-23(18)13-9-8-12-22(23,24)2/h1,5-7,10-11,14-15,18-19H,4,8-9,12-13,16H2,2H3/t18-,19+,22+,23-,24-/m1/s1. The van der Waals surface area contributed by atoms with Crippen LogP contribution >= 0.6 is 0 Å². The molecule has 0 radical (unpaired) electrons. The molecule has 3 nitrogen and oxygen atoms in total. The summed E-state index contributed by atoms with van der Waals surface area (Å²) >= 11 is 0. The Morgan fingerprint density at radius 3 is 2.52 bits per heavy atom. The largest absolute Gasteiger partial charge is 0.281 e. The summed E-state index contributed by atoms with van der Waals surface area (Å²) in [7, 11) is 0. The molecule has 2 saturated carbocycles. The highest BCUT2D eigenvalue weighted by atomic mass is 16.2. The van der Waals surface area contributed by atoms with Gasteiger partial charge in [-0.05, 0) is 23.8 Å². The van der Waals surface area contributed by atoms with Crippen LogP contribution in [-0.4, -0.2) is 23.3 Å². The Hall–Kier alpha value is -2.34. The van der Waals surface area contributed by atoms with E-state index in [1.807, 2.05) is 6.07 Å². The third-order valence-electron chi connectivity index (χ3n) is 8.28. The minimum Gasteiger partial charge on any atom is -0.281 e. The van der Waals surface area contributed by atoms with Crippen LogP contribution in [0.1, 0.15) is 44.6 Å². The number of amides is 2. The van der Waals surface area contributed by atoms with Crippen molar-refractivity contribution in [1.29, 1.82) is 0 Å². The minimum atomic E-state index is -0.392. The van der Waals surface area contributed by atoms with Gasteiger partial charge in [-0.3, -0.25) is 14.5 Å². The van der Waals surface area contributed by atoms with E-state index in [2.05, 4.69) is 49.3 Å². The summed E-state index contributed by atoms with van der Waals surface area (Å²) in [5, 5.41) is 0. The Bertz CT molecular complexity index is 897. The van der Waals surface area contributed by atoms with Crippen LogP contribution in [0.2, 0.25) is 0 Å². The van der Waals surface area contributed by atoms with Crippen LogP contribution in [0, 0.1) is 35.0 Å². The number of likely N-dealkylation sites (tertiary alicyclic amines) is 1. The van der Waals surface area contributed by atoms with Crippen molar-refractivity contribution in [3.63, 3.8) is 0 Å². The number of carbonyl (C=O) groups is 2. The molecule has 1 aliphatic heterocycles. The van der Waals surface area contributed by atoms with Crippen molar-refractivity contribution in [2.24, 2.45) is 22.7 Å². The number of fused-ring (bicyclic) bond motifs is 2. The molecule has 1 aromatic carbocycles. The van der Waals surface area contributed by atoms with Gasteiger partial charge in [0.2, 0.25) is 11.8 Å². The average molecular weight is 359 g/mol. The van der Waals surface area contributed by atoms with Crippen molar-refractivity contribution in [2.45, 2.75) is 44.4 Å². The summed E-state index contributed by atoms with van der Waals surface area (Å²) in [6.45, 7) is 2.68. The van der Waals surface area contributed by atoms with Gasteiger partial charge in [0.25, 0.3) is 0 Å². The third kappa shape index (κ3) is 1.66. The first kappa shape index (κ1) is 16.8. The number of hydrogen-bond donors (Lipinski definition) is 0. The molecule has 0 unspecified atom stereocenters. The Labute approximate surface area is 160 Å². The van der Waals surface area contributed by atoms with Crippen LogP contribution in [0.4, 0.5) is 0 Å². The lowest BCUT2D eigenvalue weighted by atomic mass is 9.52. The van der Waals surface area contributed by atoms with Crippen LogP contribution in [0.3, 0.4) is 0 Å². The Morgan fingerprint density at radius 2 is 1.78 bits per heavy atom. The van der Waals surface area contributed by atoms with Gasteiger partial charge in [-0.25, -0.2) is 0 Å². The second kappa shape index (κ2) is 5.35. The highest BCUT2D eigenvalue weighted by Gasteiger charge is 2.81. The van der Waals surface area contributed by atoms with E-state index in [1.54, 1.807) is 0 Å². The van der Waals surface area contributed by atoms with Gasteiger partial charge in [-0.2, -0.15) is 0 Å². The first-order valence-corrected chi connectivity index (χ1v) is 10.1. The van der Waals surface area contributed by atoms with Crippen molar-refractivity contribution < 1.29 is 9.59 Å². The van der Waals surface area contributed by atoms with Crippen molar-refractivity contribution in [3.8, 4) is 12.3 Å². The number of imide groups is 1. The summed E-state index contributed by atoms with van der Waals surface area (Å²) in [5.74, 6) is 2.05. The number of rotatable bonds is 3.